The quantitative estimate of drug-likeness (QED) is 0.685. The van der Waals surface area contributed by atoms with Crippen LogP contribution in [0, 0.1) is 16.4 Å². The average molecular weight is 395 g/mol. The second kappa shape index (κ2) is 7.80. The number of rotatable bonds is 6. The van der Waals surface area contributed by atoms with Crippen LogP contribution in [0.5, 0.6) is 11.5 Å². The average Bonchev–Trinajstić information content (AvgIpc) is 2.41. The van der Waals surface area contributed by atoms with Crippen molar-refractivity contribution in [2.45, 2.75) is 27.3 Å². The Morgan fingerprint density at radius 3 is 2.52 bits per heavy atom. The van der Waals surface area contributed by atoms with Gasteiger partial charge in [-0.1, -0.05) is 26.0 Å². The first kappa shape index (κ1) is 16.3. The van der Waals surface area contributed by atoms with Crippen LogP contribution >= 0.6 is 22.6 Å². The van der Waals surface area contributed by atoms with Gasteiger partial charge < -0.3 is 10.1 Å². The molecule has 2 rings (SSSR count). The van der Waals surface area contributed by atoms with Crippen LogP contribution in [0.3, 0.4) is 0 Å². The molecule has 21 heavy (non-hydrogen) atoms. The Hall–Kier alpha value is -1.07. The van der Waals surface area contributed by atoms with Crippen molar-refractivity contribution < 1.29 is 4.74 Å². The van der Waals surface area contributed by atoms with Gasteiger partial charge >= 0.3 is 0 Å². The lowest BCUT2D eigenvalue weighted by Crippen LogP contribution is -2.19. The maximum Gasteiger partial charge on any atom is 0.128 e. The van der Waals surface area contributed by atoms with Crippen LogP contribution < -0.4 is 10.1 Å². The SMILES string of the molecule is Cc1cc(Oc2cccc(I)c2)ccc1CNCC(C)C. The molecule has 0 aliphatic heterocycles. The fourth-order valence-corrected chi connectivity index (χ4v) is 2.61. The number of aryl methyl sites for hydroxylation is 1. The molecular weight excluding hydrogens is 373 g/mol. The Morgan fingerprint density at radius 2 is 1.86 bits per heavy atom. The van der Waals surface area contributed by atoms with Crippen molar-refractivity contribution in [3.63, 3.8) is 0 Å². The van der Waals surface area contributed by atoms with Crippen LogP contribution in [-0.4, -0.2) is 6.54 Å². The standard InChI is InChI=1S/C18H22INO/c1-13(2)11-20-12-15-7-8-18(9-14(15)3)21-17-6-4-5-16(19)10-17/h4-10,13,20H,11-12H2,1-3H3. The molecule has 0 radical (unpaired) electrons. The van der Waals surface area contributed by atoms with Crippen LogP contribution in [0.4, 0.5) is 0 Å². The second-order valence-corrected chi connectivity index (χ2v) is 6.92. The van der Waals surface area contributed by atoms with Crippen molar-refractivity contribution in [2.75, 3.05) is 6.54 Å². The summed E-state index contributed by atoms with van der Waals surface area (Å²) in [5.74, 6) is 2.45. The molecule has 0 aliphatic carbocycles. The summed E-state index contributed by atoms with van der Waals surface area (Å²) in [4.78, 5) is 0. The molecule has 0 aliphatic rings. The van der Waals surface area contributed by atoms with Gasteiger partial charge in [-0.2, -0.15) is 0 Å². The number of ether oxygens (including phenoxy) is 1. The highest BCUT2D eigenvalue weighted by atomic mass is 127. The van der Waals surface area contributed by atoms with Crippen LogP contribution in [0.2, 0.25) is 0 Å². The number of halogens is 1. The van der Waals surface area contributed by atoms with E-state index < -0.39 is 0 Å². The molecule has 2 aromatic rings. The predicted molar refractivity (Wildman–Crippen MR) is 97.0 cm³/mol. The normalized spacial score (nSPS) is 10.9. The highest BCUT2D eigenvalue weighted by molar-refractivity contribution is 14.1. The fourth-order valence-electron chi connectivity index (χ4n) is 2.09. The van der Waals surface area contributed by atoms with E-state index in [0.29, 0.717) is 5.92 Å². The Bertz CT molecular complexity index is 596. The number of hydrogen-bond donors (Lipinski definition) is 1. The predicted octanol–water partition coefficient (Wildman–Crippen LogP) is 5.14. The van der Waals surface area contributed by atoms with Crippen molar-refractivity contribution >= 4 is 22.6 Å². The maximum atomic E-state index is 5.91. The minimum Gasteiger partial charge on any atom is -0.457 e. The summed E-state index contributed by atoms with van der Waals surface area (Å²) in [7, 11) is 0. The van der Waals surface area contributed by atoms with Crippen LogP contribution in [0.1, 0.15) is 25.0 Å². The van der Waals surface area contributed by atoms with Gasteiger partial charge in [-0.3, -0.25) is 0 Å². The third-order valence-corrected chi connectivity index (χ3v) is 3.88. The van der Waals surface area contributed by atoms with Crippen molar-refractivity contribution in [2.24, 2.45) is 5.92 Å². The number of hydrogen-bond acceptors (Lipinski definition) is 2. The third kappa shape index (κ3) is 5.32. The van der Waals surface area contributed by atoms with E-state index in [2.05, 4.69) is 66.9 Å². The van der Waals surface area contributed by atoms with Gasteiger partial charge in [-0.05, 0) is 83.4 Å². The van der Waals surface area contributed by atoms with Gasteiger partial charge in [-0.15, -0.1) is 0 Å². The van der Waals surface area contributed by atoms with E-state index >= 15 is 0 Å². The molecule has 1 N–H and O–H groups in total. The summed E-state index contributed by atoms with van der Waals surface area (Å²) in [6.45, 7) is 8.53. The molecule has 2 aromatic carbocycles. The molecule has 0 spiro atoms. The third-order valence-electron chi connectivity index (χ3n) is 3.21. The van der Waals surface area contributed by atoms with E-state index in [-0.39, 0.29) is 0 Å². The highest BCUT2D eigenvalue weighted by Crippen LogP contribution is 2.25. The molecule has 0 saturated carbocycles. The van der Waals surface area contributed by atoms with E-state index in [0.717, 1.165) is 24.6 Å². The van der Waals surface area contributed by atoms with Gasteiger partial charge in [0.2, 0.25) is 0 Å². The molecule has 0 atom stereocenters. The summed E-state index contributed by atoms with van der Waals surface area (Å²) in [6.07, 6.45) is 0. The maximum absolute atomic E-state index is 5.91. The van der Waals surface area contributed by atoms with Gasteiger partial charge in [-0.25, -0.2) is 0 Å². The van der Waals surface area contributed by atoms with Crippen molar-refractivity contribution in [3.8, 4) is 11.5 Å². The van der Waals surface area contributed by atoms with Gasteiger partial charge in [0.25, 0.3) is 0 Å². The second-order valence-electron chi connectivity index (χ2n) is 5.67. The van der Waals surface area contributed by atoms with Gasteiger partial charge in [0.05, 0.1) is 0 Å². The summed E-state index contributed by atoms with van der Waals surface area (Å²) in [5.41, 5.74) is 2.58. The van der Waals surface area contributed by atoms with E-state index in [1.165, 1.54) is 14.7 Å². The Morgan fingerprint density at radius 1 is 1.10 bits per heavy atom. The largest absolute Gasteiger partial charge is 0.457 e. The molecule has 0 bridgehead atoms. The molecular formula is C18H22INO. The molecule has 0 aromatic heterocycles. The number of nitrogens with one attached hydrogen (secondary N) is 1. The molecule has 0 fully saturated rings. The molecule has 2 nitrogen and oxygen atoms in total. The first-order chi connectivity index (χ1) is 10.0. The van der Waals surface area contributed by atoms with Crippen LogP contribution in [0.25, 0.3) is 0 Å². The molecule has 3 heteroatoms. The number of benzene rings is 2. The minimum absolute atomic E-state index is 0.675. The summed E-state index contributed by atoms with van der Waals surface area (Å²) >= 11 is 2.29. The Balaban J connectivity index is 2.01. The molecule has 112 valence electrons. The van der Waals surface area contributed by atoms with Crippen LogP contribution in [0.15, 0.2) is 42.5 Å². The molecule has 0 unspecified atom stereocenters. The van der Waals surface area contributed by atoms with E-state index in [1.807, 2.05) is 24.3 Å². The molecule has 0 amide bonds. The minimum atomic E-state index is 0.675. The van der Waals surface area contributed by atoms with Gasteiger partial charge in [0, 0.05) is 10.1 Å². The summed E-state index contributed by atoms with van der Waals surface area (Å²) in [5, 5.41) is 3.48. The Kier molecular flexibility index (Phi) is 6.06. The zero-order chi connectivity index (χ0) is 15.2. The first-order valence-electron chi connectivity index (χ1n) is 7.28. The lowest BCUT2D eigenvalue weighted by Gasteiger charge is -2.12. The van der Waals surface area contributed by atoms with E-state index in [1.54, 1.807) is 0 Å². The zero-order valence-corrected chi connectivity index (χ0v) is 15.0. The van der Waals surface area contributed by atoms with Gasteiger partial charge in [0.1, 0.15) is 11.5 Å². The lowest BCUT2D eigenvalue weighted by atomic mass is 10.1. The van der Waals surface area contributed by atoms with Crippen molar-refractivity contribution in [1.29, 1.82) is 0 Å². The highest BCUT2D eigenvalue weighted by Gasteiger charge is 2.03. The van der Waals surface area contributed by atoms with E-state index in [9.17, 15) is 0 Å². The molecule has 0 saturated heterocycles. The molecule has 0 heterocycles. The summed E-state index contributed by atoms with van der Waals surface area (Å²) in [6, 6.07) is 14.4. The smallest absolute Gasteiger partial charge is 0.128 e. The Labute approximate surface area is 141 Å². The van der Waals surface area contributed by atoms with Gasteiger partial charge in [0.15, 0.2) is 0 Å². The monoisotopic (exact) mass is 395 g/mol. The lowest BCUT2D eigenvalue weighted by molar-refractivity contribution is 0.481. The van der Waals surface area contributed by atoms with Crippen LogP contribution in [-0.2, 0) is 6.54 Å². The van der Waals surface area contributed by atoms with E-state index in [4.69, 9.17) is 4.74 Å². The van der Waals surface area contributed by atoms with Crippen molar-refractivity contribution in [3.05, 3.63) is 57.2 Å². The first-order valence-corrected chi connectivity index (χ1v) is 8.36. The van der Waals surface area contributed by atoms with Crippen molar-refractivity contribution in [1.82, 2.24) is 5.32 Å². The fraction of sp³-hybridized carbons (Fsp3) is 0.333. The summed E-state index contributed by atoms with van der Waals surface area (Å²) < 4.78 is 7.09. The topological polar surface area (TPSA) is 21.3 Å². The zero-order valence-electron chi connectivity index (χ0n) is 12.8.